The molecule has 0 unspecified atom stereocenters. The summed E-state index contributed by atoms with van der Waals surface area (Å²) in [4.78, 5) is 0. The van der Waals surface area contributed by atoms with Gasteiger partial charge in [-0.3, -0.25) is 0 Å². The lowest BCUT2D eigenvalue weighted by Gasteiger charge is -2.05. The third-order valence-electron chi connectivity index (χ3n) is 1.45. The highest BCUT2D eigenvalue weighted by molar-refractivity contribution is 5.40. The van der Waals surface area contributed by atoms with Gasteiger partial charge in [0.05, 0.1) is 11.6 Å². The van der Waals surface area contributed by atoms with Crippen LogP contribution in [0.15, 0.2) is 23.8 Å². The van der Waals surface area contributed by atoms with Crippen molar-refractivity contribution in [1.82, 2.24) is 0 Å². The van der Waals surface area contributed by atoms with Crippen LogP contribution >= 0.6 is 0 Å². The molecule has 0 saturated carbocycles. The number of nitrogens with zero attached hydrogens (tertiary/aromatic N) is 1. The Hall–Kier alpha value is -1.03. The van der Waals surface area contributed by atoms with Gasteiger partial charge >= 0.3 is 0 Å². The molecular formula is C9H13N. The van der Waals surface area contributed by atoms with Crippen LogP contribution in [0, 0.1) is 17.2 Å². The van der Waals surface area contributed by atoms with Crippen LogP contribution in [0.1, 0.15) is 20.8 Å². The smallest absolute Gasteiger partial charge is 0.0990 e. The first-order valence-electron chi connectivity index (χ1n) is 3.39. The molecule has 0 bridgehead atoms. The fraction of sp³-hybridized carbons (Fsp3) is 0.444. The molecule has 0 radical (unpaired) electrons. The van der Waals surface area contributed by atoms with E-state index < -0.39 is 0 Å². The van der Waals surface area contributed by atoms with Crippen LogP contribution in [0.4, 0.5) is 0 Å². The summed E-state index contributed by atoms with van der Waals surface area (Å²) in [6.45, 7) is 9.72. The Morgan fingerprint density at radius 1 is 1.60 bits per heavy atom. The third kappa shape index (κ3) is 2.06. The number of rotatable bonds is 2. The summed E-state index contributed by atoms with van der Waals surface area (Å²) in [5.74, 6) is 0.367. The monoisotopic (exact) mass is 135 g/mol. The molecule has 0 saturated heterocycles. The maximum Gasteiger partial charge on any atom is 0.0990 e. The van der Waals surface area contributed by atoms with Gasteiger partial charge in [0.2, 0.25) is 0 Å². The van der Waals surface area contributed by atoms with Crippen molar-refractivity contribution in [2.45, 2.75) is 20.8 Å². The Morgan fingerprint density at radius 2 is 2.10 bits per heavy atom. The van der Waals surface area contributed by atoms with Gasteiger partial charge in [0.25, 0.3) is 0 Å². The average molecular weight is 135 g/mol. The molecule has 0 fully saturated rings. The van der Waals surface area contributed by atoms with Gasteiger partial charge in [-0.1, -0.05) is 26.5 Å². The van der Waals surface area contributed by atoms with E-state index >= 15 is 0 Å². The van der Waals surface area contributed by atoms with E-state index in [-0.39, 0.29) is 0 Å². The van der Waals surface area contributed by atoms with Crippen molar-refractivity contribution in [3.63, 3.8) is 0 Å². The lowest BCUT2D eigenvalue weighted by molar-refractivity contribution is 0.787. The van der Waals surface area contributed by atoms with Gasteiger partial charge < -0.3 is 0 Å². The van der Waals surface area contributed by atoms with Crippen molar-refractivity contribution in [2.24, 2.45) is 5.92 Å². The standard InChI is InChI=1S/C9H13N/c1-5-9(6-10)8(4)7(2)3/h5,7H,4H2,1-3H3/b9-5+. The van der Waals surface area contributed by atoms with Crippen LogP contribution < -0.4 is 0 Å². The molecule has 0 amide bonds. The molecule has 0 aromatic heterocycles. The van der Waals surface area contributed by atoms with Gasteiger partial charge in [0.1, 0.15) is 0 Å². The summed E-state index contributed by atoms with van der Waals surface area (Å²) in [6, 6.07) is 2.09. The molecule has 0 N–H and O–H groups in total. The van der Waals surface area contributed by atoms with Gasteiger partial charge in [-0.25, -0.2) is 0 Å². The maximum absolute atomic E-state index is 8.57. The van der Waals surface area contributed by atoms with Gasteiger partial charge in [-0.2, -0.15) is 5.26 Å². The summed E-state index contributed by atoms with van der Waals surface area (Å²) in [5.41, 5.74) is 1.63. The van der Waals surface area contributed by atoms with Crippen molar-refractivity contribution >= 4 is 0 Å². The normalized spacial score (nSPS) is 11.3. The average Bonchev–Trinajstić information content (AvgIpc) is 1.90. The lowest BCUT2D eigenvalue weighted by atomic mass is 9.98. The Balaban J connectivity index is 4.38. The molecule has 54 valence electrons. The number of allylic oxidation sites excluding steroid dienone is 3. The highest BCUT2D eigenvalue weighted by Gasteiger charge is 2.03. The fourth-order valence-electron chi connectivity index (χ4n) is 0.633. The molecule has 0 spiro atoms. The highest BCUT2D eigenvalue weighted by atomic mass is 14.3. The number of hydrogen-bond acceptors (Lipinski definition) is 1. The molecule has 0 aromatic rings. The molecule has 10 heavy (non-hydrogen) atoms. The first kappa shape index (κ1) is 8.97. The summed E-state index contributed by atoms with van der Waals surface area (Å²) >= 11 is 0. The van der Waals surface area contributed by atoms with Crippen LogP contribution in [0.3, 0.4) is 0 Å². The Labute approximate surface area is 62.7 Å². The Morgan fingerprint density at radius 3 is 2.20 bits per heavy atom. The van der Waals surface area contributed by atoms with Crippen LogP contribution in [-0.4, -0.2) is 0 Å². The second-order valence-electron chi connectivity index (χ2n) is 2.49. The first-order chi connectivity index (χ1) is 4.63. The summed E-state index contributed by atoms with van der Waals surface area (Å²) in [6.07, 6.45) is 1.79. The molecular weight excluding hydrogens is 122 g/mol. The van der Waals surface area contributed by atoms with E-state index in [2.05, 4.69) is 12.6 Å². The molecule has 1 nitrogen and oxygen atoms in total. The molecule has 0 aliphatic carbocycles. The Kier molecular flexibility index (Phi) is 3.49. The maximum atomic E-state index is 8.57. The van der Waals surface area contributed by atoms with Crippen LogP contribution in [-0.2, 0) is 0 Å². The van der Waals surface area contributed by atoms with E-state index in [0.29, 0.717) is 11.5 Å². The zero-order valence-electron chi connectivity index (χ0n) is 6.81. The van der Waals surface area contributed by atoms with Crippen molar-refractivity contribution in [2.75, 3.05) is 0 Å². The molecule has 0 aliphatic rings. The van der Waals surface area contributed by atoms with Gasteiger partial charge in [-0.15, -0.1) is 0 Å². The Bertz CT molecular complexity index is 191. The fourth-order valence-corrected chi connectivity index (χ4v) is 0.633. The number of hydrogen-bond donors (Lipinski definition) is 0. The van der Waals surface area contributed by atoms with E-state index in [0.717, 1.165) is 5.57 Å². The predicted molar refractivity (Wildman–Crippen MR) is 43.3 cm³/mol. The molecule has 0 atom stereocenters. The minimum Gasteiger partial charge on any atom is -0.192 e. The summed E-state index contributed by atoms with van der Waals surface area (Å²) < 4.78 is 0. The zero-order valence-corrected chi connectivity index (χ0v) is 6.81. The third-order valence-corrected chi connectivity index (χ3v) is 1.45. The van der Waals surface area contributed by atoms with E-state index in [1.165, 1.54) is 0 Å². The summed E-state index contributed by atoms with van der Waals surface area (Å²) in [7, 11) is 0. The predicted octanol–water partition coefficient (Wildman–Crippen LogP) is 2.67. The van der Waals surface area contributed by atoms with Crippen LogP contribution in [0.5, 0.6) is 0 Å². The zero-order chi connectivity index (χ0) is 8.15. The first-order valence-corrected chi connectivity index (χ1v) is 3.39. The lowest BCUT2D eigenvalue weighted by Crippen LogP contribution is -1.93. The highest BCUT2D eigenvalue weighted by Crippen LogP contribution is 2.15. The van der Waals surface area contributed by atoms with Crippen LogP contribution in [0.2, 0.25) is 0 Å². The summed E-state index contributed by atoms with van der Waals surface area (Å²) in [5, 5.41) is 8.57. The van der Waals surface area contributed by atoms with Crippen molar-refractivity contribution in [3.8, 4) is 6.07 Å². The quantitative estimate of drug-likeness (QED) is 0.422. The number of nitriles is 1. The molecule has 0 aliphatic heterocycles. The van der Waals surface area contributed by atoms with Crippen LogP contribution in [0.25, 0.3) is 0 Å². The van der Waals surface area contributed by atoms with Gasteiger partial charge in [0.15, 0.2) is 0 Å². The van der Waals surface area contributed by atoms with Gasteiger partial charge in [-0.05, 0) is 18.4 Å². The molecule has 0 rings (SSSR count). The second-order valence-corrected chi connectivity index (χ2v) is 2.49. The minimum atomic E-state index is 0.367. The van der Waals surface area contributed by atoms with E-state index in [1.54, 1.807) is 6.08 Å². The molecule has 0 aromatic carbocycles. The largest absolute Gasteiger partial charge is 0.192 e. The molecule has 1 heteroatoms. The van der Waals surface area contributed by atoms with E-state index in [9.17, 15) is 0 Å². The molecule has 0 heterocycles. The minimum absolute atomic E-state index is 0.367. The van der Waals surface area contributed by atoms with E-state index in [1.807, 2.05) is 20.8 Å². The van der Waals surface area contributed by atoms with Gasteiger partial charge in [0, 0.05) is 0 Å². The van der Waals surface area contributed by atoms with Crippen molar-refractivity contribution < 1.29 is 0 Å². The second kappa shape index (κ2) is 3.90. The SMILES string of the molecule is C=C(/C(C#N)=C/C)C(C)C. The topological polar surface area (TPSA) is 23.8 Å². The van der Waals surface area contributed by atoms with Crippen molar-refractivity contribution in [3.05, 3.63) is 23.8 Å². The van der Waals surface area contributed by atoms with E-state index in [4.69, 9.17) is 5.26 Å². The van der Waals surface area contributed by atoms with Crippen molar-refractivity contribution in [1.29, 1.82) is 5.26 Å².